The molecule has 1 aromatic rings. The van der Waals surface area contributed by atoms with Gasteiger partial charge in [-0.05, 0) is 38.2 Å². The normalized spacial score (nSPS) is 17.3. The van der Waals surface area contributed by atoms with E-state index >= 15 is 0 Å². The van der Waals surface area contributed by atoms with E-state index in [1.165, 1.54) is 11.1 Å². The van der Waals surface area contributed by atoms with E-state index in [0.717, 1.165) is 45.0 Å². The largest absolute Gasteiger partial charge is 0.378 e. The Morgan fingerprint density at radius 3 is 2.46 bits per heavy atom. The summed E-state index contributed by atoms with van der Waals surface area (Å²) in [6.07, 6.45) is 2.59. The summed E-state index contributed by atoms with van der Waals surface area (Å²) < 4.78 is 5.72. The Morgan fingerprint density at radius 1 is 1.29 bits per heavy atom. The summed E-state index contributed by atoms with van der Waals surface area (Å²) in [5.41, 5.74) is 2.68. The van der Waals surface area contributed by atoms with Crippen molar-refractivity contribution >= 4 is 29.9 Å². The van der Waals surface area contributed by atoms with Crippen LogP contribution in [0.3, 0.4) is 0 Å². The number of likely N-dealkylation sites (tertiary alicyclic amines) is 1. The molecule has 1 fully saturated rings. The van der Waals surface area contributed by atoms with Gasteiger partial charge in [-0.15, -0.1) is 24.0 Å². The van der Waals surface area contributed by atoms with Crippen LogP contribution in [0.25, 0.3) is 0 Å². The highest BCUT2D eigenvalue weighted by atomic mass is 127. The van der Waals surface area contributed by atoms with E-state index in [1.54, 1.807) is 0 Å². The molecule has 1 N–H and O–H groups in total. The van der Waals surface area contributed by atoms with Crippen LogP contribution in [0.15, 0.2) is 29.3 Å². The maximum absolute atomic E-state index is 5.72. The third-order valence-corrected chi connectivity index (χ3v) is 4.57. The zero-order valence-corrected chi connectivity index (χ0v) is 17.7. The van der Waals surface area contributed by atoms with Crippen molar-refractivity contribution in [1.29, 1.82) is 0 Å². The number of hydrogen-bond acceptors (Lipinski definition) is 2. The molecule has 24 heavy (non-hydrogen) atoms. The minimum absolute atomic E-state index is 0. The van der Waals surface area contributed by atoms with Crippen molar-refractivity contribution < 1.29 is 4.74 Å². The van der Waals surface area contributed by atoms with Crippen LogP contribution < -0.4 is 5.32 Å². The summed E-state index contributed by atoms with van der Waals surface area (Å²) in [4.78, 5) is 6.80. The fourth-order valence-corrected chi connectivity index (χ4v) is 3.06. The second kappa shape index (κ2) is 10.9. The number of piperidine rings is 1. The lowest BCUT2D eigenvalue weighted by Gasteiger charge is -2.34. The van der Waals surface area contributed by atoms with Crippen molar-refractivity contribution in [3.8, 4) is 0 Å². The second-order valence-electron chi connectivity index (χ2n) is 6.38. The molecular formula is C19H32IN3O. The molecule has 0 amide bonds. The lowest BCUT2D eigenvalue weighted by atomic mass is 10.00. The predicted octanol–water partition coefficient (Wildman–Crippen LogP) is 3.79. The van der Waals surface area contributed by atoms with Gasteiger partial charge in [-0.2, -0.15) is 0 Å². The molecule has 0 saturated carbocycles. The van der Waals surface area contributed by atoms with E-state index in [2.05, 4.69) is 60.2 Å². The number of hydrogen-bond donors (Lipinski definition) is 1. The van der Waals surface area contributed by atoms with E-state index < -0.39 is 0 Å². The highest BCUT2D eigenvalue weighted by Gasteiger charge is 2.21. The molecule has 1 unspecified atom stereocenters. The van der Waals surface area contributed by atoms with E-state index in [-0.39, 0.29) is 24.0 Å². The summed E-state index contributed by atoms with van der Waals surface area (Å²) in [7, 11) is 1.87. The Bertz CT molecular complexity index is 496. The molecule has 5 heteroatoms. The van der Waals surface area contributed by atoms with Gasteiger partial charge in [-0.3, -0.25) is 4.99 Å². The minimum atomic E-state index is 0. The number of aryl methyl sites for hydroxylation is 1. The Hall–Kier alpha value is -0.820. The molecule has 0 aromatic heterocycles. The lowest BCUT2D eigenvalue weighted by molar-refractivity contribution is 0.0264. The lowest BCUT2D eigenvalue weighted by Crippen LogP contribution is -2.47. The number of rotatable bonds is 5. The van der Waals surface area contributed by atoms with Crippen LogP contribution in [0.4, 0.5) is 0 Å². The number of aliphatic imine (C=N–C) groups is 1. The summed E-state index contributed by atoms with van der Waals surface area (Å²) >= 11 is 0. The number of benzene rings is 1. The Kier molecular flexibility index (Phi) is 9.66. The highest BCUT2D eigenvalue weighted by Crippen LogP contribution is 2.16. The quantitative estimate of drug-likeness (QED) is 0.426. The number of guanidine groups is 1. The molecular weight excluding hydrogens is 413 g/mol. The first-order chi connectivity index (χ1) is 11.1. The number of nitrogens with one attached hydrogen (secondary N) is 1. The molecule has 136 valence electrons. The van der Waals surface area contributed by atoms with Crippen molar-refractivity contribution in [2.45, 2.75) is 45.6 Å². The monoisotopic (exact) mass is 445 g/mol. The van der Waals surface area contributed by atoms with Gasteiger partial charge in [-0.25, -0.2) is 0 Å². The first-order valence-electron chi connectivity index (χ1n) is 8.77. The minimum Gasteiger partial charge on any atom is -0.378 e. The van der Waals surface area contributed by atoms with Gasteiger partial charge in [0.2, 0.25) is 0 Å². The molecule has 1 heterocycles. The fraction of sp³-hybridized carbons (Fsp3) is 0.632. The average molecular weight is 445 g/mol. The number of halogens is 1. The fourth-order valence-electron chi connectivity index (χ4n) is 3.06. The zero-order chi connectivity index (χ0) is 16.7. The topological polar surface area (TPSA) is 36.9 Å². The summed E-state index contributed by atoms with van der Waals surface area (Å²) in [6.45, 7) is 10.2. The van der Waals surface area contributed by atoms with Crippen molar-refractivity contribution in [3.63, 3.8) is 0 Å². The highest BCUT2D eigenvalue weighted by molar-refractivity contribution is 14.0. The Labute approximate surface area is 164 Å². The molecule has 0 bridgehead atoms. The van der Waals surface area contributed by atoms with Gasteiger partial charge < -0.3 is 15.0 Å². The van der Waals surface area contributed by atoms with Gasteiger partial charge in [0.15, 0.2) is 5.96 Å². The second-order valence-corrected chi connectivity index (χ2v) is 6.38. The van der Waals surface area contributed by atoms with E-state index in [1.807, 2.05) is 7.05 Å². The maximum Gasteiger partial charge on any atom is 0.193 e. The smallest absolute Gasteiger partial charge is 0.193 e. The van der Waals surface area contributed by atoms with E-state index in [9.17, 15) is 0 Å². The molecule has 1 aliphatic heterocycles. The van der Waals surface area contributed by atoms with E-state index in [0.29, 0.717) is 12.0 Å². The number of nitrogens with zero attached hydrogens (tertiary/aromatic N) is 2. The third-order valence-electron chi connectivity index (χ3n) is 4.57. The van der Waals surface area contributed by atoms with Gasteiger partial charge >= 0.3 is 0 Å². The van der Waals surface area contributed by atoms with Crippen LogP contribution in [-0.4, -0.2) is 50.3 Å². The summed E-state index contributed by atoms with van der Waals surface area (Å²) in [5.74, 6) is 1.48. The Morgan fingerprint density at radius 2 is 1.92 bits per heavy atom. The van der Waals surface area contributed by atoms with Gasteiger partial charge in [0.25, 0.3) is 0 Å². The maximum atomic E-state index is 5.72. The zero-order valence-electron chi connectivity index (χ0n) is 15.4. The average Bonchev–Trinajstić information content (AvgIpc) is 2.57. The van der Waals surface area contributed by atoms with Crippen LogP contribution in [-0.2, 0) is 4.74 Å². The van der Waals surface area contributed by atoms with Gasteiger partial charge in [0.1, 0.15) is 0 Å². The molecule has 1 atom stereocenters. The summed E-state index contributed by atoms with van der Waals surface area (Å²) in [6, 6.07) is 8.80. The first kappa shape index (κ1) is 21.2. The van der Waals surface area contributed by atoms with Crippen molar-refractivity contribution in [3.05, 3.63) is 35.4 Å². The van der Waals surface area contributed by atoms with E-state index in [4.69, 9.17) is 4.74 Å². The third kappa shape index (κ3) is 6.24. The first-order valence-corrected chi connectivity index (χ1v) is 8.77. The van der Waals surface area contributed by atoms with Crippen molar-refractivity contribution in [2.24, 2.45) is 4.99 Å². The molecule has 1 aliphatic rings. The van der Waals surface area contributed by atoms with Gasteiger partial charge in [0, 0.05) is 33.3 Å². The molecule has 0 aliphatic carbocycles. The molecule has 0 radical (unpaired) electrons. The van der Waals surface area contributed by atoms with Crippen LogP contribution in [0, 0.1) is 6.92 Å². The van der Waals surface area contributed by atoms with Gasteiger partial charge in [-0.1, -0.05) is 36.8 Å². The molecule has 0 spiro atoms. The molecule has 2 rings (SSSR count). The van der Waals surface area contributed by atoms with Crippen molar-refractivity contribution in [1.82, 2.24) is 10.2 Å². The van der Waals surface area contributed by atoms with Crippen LogP contribution in [0.1, 0.15) is 43.7 Å². The standard InChI is InChI=1S/C19H31N3O.HI/c1-5-23-18-10-12-22(13-11-18)19(20-4)21-14-16(3)17-8-6-15(2)7-9-17;/h6-9,16,18H,5,10-14H2,1-4H3,(H,20,21);1H. The molecule has 1 aromatic carbocycles. The van der Waals surface area contributed by atoms with Gasteiger partial charge in [0.05, 0.1) is 6.10 Å². The van der Waals surface area contributed by atoms with Crippen molar-refractivity contribution in [2.75, 3.05) is 33.3 Å². The van der Waals surface area contributed by atoms with Crippen LogP contribution in [0.5, 0.6) is 0 Å². The molecule has 1 saturated heterocycles. The van der Waals surface area contributed by atoms with Crippen LogP contribution in [0.2, 0.25) is 0 Å². The SMILES string of the molecule is CCOC1CCN(C(=NC)NCC(C)c2ccc(C)cc2)CC1.I. The summed E-state index contributed by atoms with van der Waals surface area (Å²) in [5, 5.41) is 3.53. The molecule has 4 nitrogen and oxygen atoms in total. The predicted molar refractivity (Wildman–Crippen MR) is 113 cm³/mol. The van der Waals surface area contributed by atoms with Crippen LogP contribution >= 0.6 is 24.0 Å². The Balaban J connectivity index is 0.00000288. The number of ether oxygens (including phenoxy) is 1.